The van der Waals surface area contributed by atoms with Gasteiger partial charge < -0.3 is 10.1 Å². The van der Waals surface area contributed by atoms with Crippen molar-refractivity contribution in [2.24, 2.45) is 0 Å². The molecule has 1 N–H and O–H groups in total. The van der Waals surface area contributed by atoms with E-state index in [-0.39, 0.29) is 12.4 Å². The molecule has 1 aromatic heterocycles. The van der Waals surface area contributed by atoms with Crippen molar-refractivity contribution in [3.05, 3.63) is 89.9 Å². The lowest BCUT2D eigenvalue weighted by Gasteiger charge is -2.09. The van der Waals surface area contributed by atoms with Gasteiger partial charge in [0.25, 0.3) is 0 Å². The molecule has 0 saturated heterocycles. The normalized spacial score (nSPS) is 10.3. The summed E-state index contributed by atoms with van der Waals surface area (Å²) in [5.41, 5.74) is 1.67. The topological polar surface area (TPSA) is 34.1 Å². The fraction of sp³-hybridized carbons (Fsp3) is 0.105. The summed E-state index contributed by atoms with van der Waals surface area (Å²) in [6, 6.07) is 20.1. The number of benzene rings is 2. The number of nitrogens with one attached hydrogen (secondary N) is 1. The van der Waals surface area contributed by atoms with E-state index < -0.39 is 0 Å². The Morgan fingerprint density at radius 1 is 0.913 bits per heavy atom. The molecule has 0 aliphatic heterocycles. The second-order valence-corrected chi connectivity index (χ2v) is 5.09. The van der Waals surface area contributed by atoms with Crippen molar-refractivity contribution in [2.45, 2.75) is 13.2 Å². The first-order chi connectivity index (χ1) is 11.3. The van der Waals surface area contributed by atoms with E-state index in [2.05, 4.69) is 10.3 Å². The van der Waals surface area contributed by atoms with Crippen molar-refractivity contribution in [1.29, 1.82) is 0 Å². The molecule has 0 aliphatic carbocycles. The second-order valence-electron chi connectivity index (χ2n) is 5.09. The number of ether oxygens (including phenoxy) is 1. The molecule has 3 nitrogen and oxygen atoms in total. The summed E-state index contributed by atoms with van der Waals surface area (Å²) in [6.45, 7) is 0.906. The van der Waals surface area contributed by atoms with Gasteiger partial charge >= 0.3 is 0 Å². The van der Waals surface area contributed by atoms with E-state index in [1.165, 1.54) is 6.07 Å². The van der Waals surface area contributed by atoms with E-state index in [1.807, 2.05) is 42.5 Å². The molecule has 116 valence electrons. The van der Waals surface area contributed by atoms with Crippen molar-refractivity contribution in [2.75, 3.05) is 5.32 Å². The third-order valence-electron chi connectivity index (χ3n) is 3.41. The van der Waals surface area contributed by atoms with E-state index in [1.54, 1.807) is 24.4 Å². The molecule has 4 heteroatoms. The van der Waals surface area contributed by atoms with Crippen molar-refractivity contribution in [3.8, 4) is 5.75 Å². The first-order valence-electron chi connectivity index (χ1n) is 7.41. The lowest BCUT2D eigenvalue weighted by atomic mass is 10.2. The molecule has 0 radical (unpaired) electrons. The van der Waals surface area contributed by atoms with Crippen LogP contribution in [0.5, 0.6) is 5.75 Å². The highest BCUT2D eigenvalue weighted by Gasteiger charge is 2.02. The number of aromatic nitrogens is 1. The summed E-state index contributed by atoms with van der Waals surface area (Å²) < 4.78 is 19.1. The molecule has 0 saturated carbocycles. The summed E-state index contributed by atoms with van der Waals surface area (Å²) >= 11 is 0. The molecule has 3 aromatic rings. The highest BCUT2D eigenvalue weighted by Crippen LogP contribution is 2.16. The third-order valence-corrected chi connectivity index (χ3v) is 3.41. The highest BCUT2D eigenvalue weighted by molar-refractivity contribution is 5.36. The number of anilines is 1. The Morgan fingerprint density at radius 2 is 1.70 bits per heavy atom. The molecular weight excluding hydrogens is 291 g/mol. The van der Waals surface area contributed by atoms with Crippen LogP contribution in [0.4, 0.5) is 10.2 Å². The van der Waals surface area contributed by atoms with Gasteiger partial charge in [0.1, 0.15) is 24.0 Å². The Bertz CT molecular complexity index is 745. The highest BCUT2D eigenvalue weighted by atomic mass is 19.1. The maximum absolute atomic E-state index is 13.5. The van der Waals surface area contributed by atoms with Gasteiger partial charge in [0.2, 0.25) is 0 Å². The Kier molecular flexibility index (Phi) is 4.84. The Morgan fingerprint density at radius 3 is 2.43 bits per heavy atom. The molecule has 0 bridgehead atoms. The van der Waals surface area contributed by atoms with Crippen molar-refractivity contribution in [3.63, 3.8) is 0 Å². The molecule has 23 heavy (non-hydrogen) atoms. The summed E-state index contributed by atoms with van der Waals surface area (Å²) in [6.07, 6.45) is 1.75. The third kappa shape index (κ3) is 4.30. The maximum Gasteiger partial charge on any atom is 0.129 e. The summed E-state index contributed by atoms with van der Waals surface area (Å²) in [4.78, 5) is 4.21. The minimum Gasteiger partial charge on any atom is -0.489 e. The van der Waals surface area contributed by atoms with E-state index >= 15 is 0 Å². The van der Waals surface area contributed by atoms with Crippen LogP contribution in [0.1, 0.15) is 11.1 Å². The fourth-order valence-corrected chi connectivity index (χ4v) is 2.14. The van der Waals surface area contributed by atoms with E-state index in [4.69, 9.17) is 4.74 Å². The van der Waals surface area contributed by atoms with Crippen LogP contribution in [-0.2, 0) is 13.2 Å². The molecule has 1 heterocycles. The van der Waals surface area contributed by atoms with Gasteiger partial charge in [-0.25, -0.2) is 9.37 Å². The van der Waals surface area contributed by atoms with Crippen LogP contribution in [0.3, 0.4) is 0 Å². The molecule has 0 fully saturated rings. The van der Waals surface area contributed by atoms with Gasteiger partial charge in [-0.3, -0.25) is 0 Å². The minimum atomic E-state index is -0.247. The number of hydrogen-bond acceptors (Lipinski definition) is 3. The van der Waals surface area contributed by atoms with Crippen molar-refractivity contribution < 1.29 is 9.13 Å². The SMILES string of the molecule is Fc1ccccc1COc1ccc(CNc2ccccn2)cc1. The lowest BCUT2D eigenvalue weighted by molar-refractivity contribution is 0.300. The first-order valence-corrected chi connectivity index (χ1v) is 7.41. The zero-order chi connectivity index (χ0) is 15.9. The van der Waals surface area contributed by atoms with Crippen LogP contribution in [-0.4, -0.2) is 4.98 Å². The van der Waals surface area contributed by atoms with Gasteiger partial charge in [-0.15, -0.1) is 0 Å². The van der Waals surface area contributed by atoms with Crippen LogP contribution in [0.2, 0.25) is 0 Å². The van der Waals surface area contributed by atoms with E-state index in [0.29, 0.717) is 12.1 Å². The molecule has 0 amide bonds. The second kappa shape index (κ2) is 7.40. The van der Waals surface area contributed by atoms with Gasteiger partial charge in [0.05, 0.1) is 0 Å². The Labute approximate surface area is 134 Å². The zero-order valence-corrected chi connectivity index (χ0v) is 12.6. The molecule has 0 atom stereocenters. The van der Waals surface area contributed by atoms with Crippen LogP contribution in [0, 0.1) is 5.82 Å². The van der Waals surface area contributed by atoms with Crippen molar-refractivity contribution in [1.82, 2.24) is 4.98 Å². The number of nitrogens with zero attached hydrogens (tertiary/aromatic N) is 1. The smallest absolute Gasteiger partial charge is 0.129 e. The van der Waals surface area contributed by atoms with Crippen LogP contribution in [0.15, 0.2) is 72.9 Å². The standard InChI is InChI=1S/C19H17FN2O/c20-18-6-2-1-5-16(18)14-23-17-10-8-15(9-11-17)13-22-19-7-3-4-12-21-19/h1-12H,13-14H2,(H,21,22). The average molecular weight is 308 g/mol. The largest absolute Gasteiger partial charge is 0.489 e. The lowest BCUT2D eigenvalue weighted by Crippen LogP contribution is -2.01. The van der Waals surface area contributed by atoms with Gasteiger partial charge in [0, 0.05) is 18.3 Å². The van der Waals surface area contributed by atoms with Crippen molar-refractivity contribution >= 4 is 5.82 Å². The van der Waals surface area contributed by atoms with E-state index in [9.17, 15) is 4.39 Å². The predicted molar refractivity (Wildman–Crippen MR) is 88.7 cm³/mol. The fourth-order valence-electron chi connectivity index (χ4n) is 2.14. The van der Waals surface area contributed by atoms with Gasteiger partial charge in [-0.05, 0) is 35.9 Å². The molecule has 0 aliphatic rings. The molecule has 0 spiro atoms. The van der Waals surface area contributed by atoms with E-state index in [0.717, 1.165) is 17.1 Å². The summed E-state index contributed by atoms with van der Waals surface area (Å²) in [5, 5.41) is 3.24. The number of hydrogen-bond donors (Lipinski definition) is 1. The predicted octanol–water partition coefficient (Wildman–Crippen LogP) is 4.41. The molecular formula is C19H17FN2O. The quantitative estimate of drug-likeness (QED) is 0.732. The molecule has 2 aromatic carbocycles. The summed E-state index contributed by atoms with van der Waals surface area (Å²) in [5.74, 6) is 1.31. The first kappa shape index (κ1) is 15.0. The number of halogens is 1. The number of pyridine rings is 1. The number of rotatable bonds is 6. The van der Waals surface area contributed by atoms with Crippen LogP contribution >= 0.6 is 0 Å². The van der Waals surface area contributed by atoms with Gasteiger partial charge in [-0.1, -0.05) is 36.4 Å². The Hall–Kier alpha value is -2.88. The zero-order valence-electron chi connectivity index (χ0n) is 12.6. The van der Waals surface area contributed by atoms with Crippen LogP contribution < -0.4 is 10.1 Å². The summed E-state index contributed by atoms with van der Waals surface area (Å²) in [7, 11) is 0. The minimum absolute atomic E-state index is 0.220. The Balaban J connectivity index is 1.54. The molecule has 3 rings (SSSR count). The maximum atomic E-state index is 13.5. The van der Waals surface area contributed by atoms with Gasteiger partial charge in [0.15, 0.2) is 0 Å². The van der Waals surface area contributed by atoms with Crippen LogP contribution in [0.25, 0.3) is 0 Å². The molecule has 0 unspecified atom stereocenters. The monoisotopic (exact) mass is 308 g/mol. The van der Waals surface area contributed by atoms with Gasteiger partial charge in [-0.2, -0.15) is 0 Å². The average Bonchev–Trinajstić information content (AvgIpc) is 2.61.